The molecule has 0 saturated carbocycles. The third-order valence-electron chi connectivity index (χ3n) is 3.32. The second-order valence-corrected chi connectivity index (χ2v) is 5.48. The number of benzene rings is 1. The monoisotopic (exact) mass is 317 g/mol. The van der Waals surface area contributed by atoms with Crippen molar-refractivity contribution in [3.8, 4) is 0 Å². The van der Waals surface area contributed by atoms with Gasteiger partial charge in [0.15, 0.2) is 0 Å². The van der Waals surface area contributed by atoms with E-state index in [-0.39, 0.29) is 18.3 Å². The maximum Gasteiger partial charge on any atom is 0.304 e. The first-order chi connectivity index (χ1) is 8.31. The zero-order chi connectivity index (χ0) is 13.9. The molecule has 0 spiro atoms. The highest BCUT2D eigenvalue weighted by molar-refractivity contribution is 9.10. The number of carbonyl (C=O) groups is 1. The van der Waals surface area contributed by atoms with Gasteiger partial charge in [-0.25, -0.2) is 4.39 Å². The van der Waals surface area contributed by atoms with Crippen molar-refractivity contribution in [1.82, 2.24) is 0 Å². The Morgan fingerprint density at radius 1 is 1.61 bits per heavy atom. The van der Waals surface area contributed by atoms with Gasteiger partial charge in [0.2, 0.25) is 0 Å². The molecule has 2 unspecified atom stereocenters. The van der Waals surface area contributed by atoms with Gasteiger partial charge in [-0.3, -0.25) is 4.79 Å². The lowest BCUT2D eigenvalue weighted by Gasteiger charge is -2.35. The van der Waals surface area contributed by atoms with E-state index < -0.39 is 11.4 Å². The fraction of sp³-hybridized carbons (Fsp3) is 0.462. The summed E-state index contributed by atoms with van der Waals surface area (Å²) in [4.78, 5) is 11.0. The van der Waals surface area contributed by atoms with Gasteiger partial charge in [-0.05, 0) is 24.1 Å². The van der Waals surface area contributed by atoms with Crippen molar-refractivity contribution in [3.05, 3.63) is 34.1 Å². The Labute approximate surface area is 114 Å². The van der Waals surface area contributed by atoms with E-state index in [1.54, 1.807) is 13.0 Å². The van der Waals surface area contributed by atoms with Crippen LogP contribution in [0.1, 0.15) is 32.3 Å². The number of aliphatic carboxylic acids is 1. The molecule has 0 saturated heterocycles. The summed E-state index contributed by atoms with van der Waals surface area (Å²) in [5.41, 5.74) is 6.05. The molecule has 0 fully saturated rings. The first kappa shape index (κ1) is 15.1. The minimum absolute atomic E-state index is 0.0910. The molecule has 1 rings (SSSR count). The van der Waals surface area contributed by atoms with E-state index in [0.29, 0.717) is 10.9 Å². The van der Waals surface area contributed by atoms with Gasteiger partial charge in [0.05, 0.1) is 6.42 Å². The van der Waals surface area contributed by atoms with Crippen molar-refractivity contribution in [2.75, 3.05) is 0 Å². The summed E-state index contributed by atoms with van der Waals surface area (Å²) in [6.45, 7) is 3.70. The van der Waals surface area contributed by atoms with Gasteiger partial charge in [-0.15, -0.1) is 0 Å². The van der Waals surface area contributed by atoms with Gasteiger partial charge in [0.1, 0.15) is 5.82 Å². The lowest BCUT2D eigenvalue weighted by atomic mass is 9.73. The molecule has 3 N–H and O–H groups in total. The molecule has 3 nitrogen and oxygen atoms in total. The van der Waals surface area contributed by atoms with Gasteiger partial charge in [0, 0.05) is 15.9 Å². The van der Waals surface area contributed by atoms with Crippen LogP contribution in [-0.4, -0.2) is 17.1 Å². The summed E-state index contributed by atoms with van der Waals surface area (Å²) >= 11 is 3.28. The molecule has 2 atom stereocenters. The highest BCUT2D eigenvalue weighted by Gasteiger charge is 2.36. The van der Waals surface area contributed by atoms with Gasteiger partial charge < -0.3 is 10.8 Å². The topological polar surface area (TPSA) is 63.3 Å². The van der Waals surface area contributed by atoms with Crippen molar-refractivity contribution in [3.63, 3.8) is 0 Å². The number of nitrogens with two attached hydrogens (primary N) is 1. The van der Waals surface area contributed by atoms with Gasteiger partial charge in [-0.2, -0.15) is 0 Å². The van der Waals surface area contributed by atoms with Crippen LogP contribution in [0.15, 0.2) is 22.7 Å². The molecule has 0 aliphatic carbocycles. The third-order valence-corrected chi connectivity index (χ3v) is 3.98. The fourth-order valence-electron chi connectivity index (χ4n) is 2.14. The van der Waals surface area contributed by atoms with E-state index >= 15 is 0 Å². The van der Waals surface area contributed by atoms with E-state index in [4.69, 9.17) is 10.8 Å². The molecular weight excluding hydrogens is 301 g/mol. The number of rotatable bonds is 5. The van der Waals surface area contributed by atoms with E-state index in [2.05, 4.69) is 15.9 Å². The summed E-state index contributed by atoms with van der Waals surface area (Å²) in [7, 11) is 0. The second-order valence-electron chi connectivity index (χ2n) is 4.63. The predicted molar refractivity (Wildman–Crippen MR) is 72.0 cm³/mol. The van der Waals surface area contributed by atoms with Crippen LogP contribution in [0.4, 0.5) is 4.39 Å². The Hall–Kier alpha value is -0.940. The first-order valence-corrected chi connectivity index (χ1v) is 6.53. The van der Waals surface area contributed by atoms with Gasteiger partial charge in [0.25, 0.3) is 0 Å². The second kappa shape index (κ2) is 5.80. The molecule has 0 heterocycles. The lowest BCUT2D eigenvalue weighted by Crippen LogP contribution is -2.44. The van der Waals surface area contributed by atoms with Crippen molar-refractivity contribution < 1.29 is 14.3 Å². The van der Waals surface area contributed by atoms with Gasteiger partial charge >= 0.3 is 5.97 Å². The smallest absolute Gasteiger partial charge is 0.304 e. The van der Waals surface area contributed by atoms with Crippen LogP contribution in [-0.2, 0) is 10.2 Å². The van der Waals surface area contributed by atoms with Crippen LogP contribution in [0.2, 0.25) is 0 Å². The third kappa shape index (κ3) is 3.09. The van der Waals surface area contributed by atoms with Crippen LogP contribution in [0, 0.1) is 5.82 Å². The molecule has 1 aromatic carbocycles. The summed E-state index contributed by atoms with van der Waals surface area (Å²) in [5, 5.41) is 9.06. The normalized spacial score (nSPS) is 16.1. The van der Waals surface area contributed by atoms with E-state index in [9.17, 15) is 9.18 Å². The Morgan fingerprint density at radius 2 is 2.22 bits per heavy atom. The quantitative estimate of drug-likeness (QED) is 0.877. The highest BCUT2D eigenvalue weighted by Crippen LogP contribution is 2.36. The Kier molecular flexibility index (Phi) is 4.87. The molecule has 100 valence electrons. The van der Waals surface area contributed by atoms with Crippen LogP contribution in [0.25, 0.3) is 0 Å². The number of hydrogen-bond acceptors (Lipinski definition) is 2. The SMILES string of the molecule is CCC(N)C(C)(CC(=O)O)c1ccc(F)cc1Br. The van der Waals surface area contributed by atoms with E-state index in [0.717, 1.165) is 5.56 Å². The minimum Gasteiger partial charge on any atom is -0.481 e. The molecule has 0 amide bonds. The highest BCUT2D eigenvalue weighted by atomic mass is 79.9. The lowest BCUT2D eigenvalue weighted by molar-refractivity contribution is -0.138. The number of hydrogen-bond donors (Lipinski definition) is 2. The van der Waals surface area contributed by atoms with Crippen molar-refractivity contribution in [1.29, 1.82) is 0 Å². The molecule has 0 radical (unpaired) electrons. The van der Waals surface area contributed by atoms with Gasteiger partial charge in [-0.1, -0.05) is 35.8 Å². The average molecular weight is 318 g/mol. The zero-order valence-corrected chi connectivity index (χ0v) is 12.0. The molecular formula is C13H17BrFNO2. The molecule has 5 heteroatoms. The predicted octanol–water partition coefficient (Wildman–Crippen LogP) is 3.06. The standard InChI is InChI=1S/C13H17BrFNO2/c1-3-11(16)13(2,7-12(17)18)9-5-4-8(15)6-10(9)14/h4-6,11H,3,7,16H2,1-2H3,(H,17,18). The van der Waals surface area contributed by atoms with Crippen LogP contribution in [0.3, 0.4) is 0 Å². The Balaban J connectivity index is 3.29. The average Bonchev–Trinajstić information content (AvgIpc) is 2.26. The summed E-state index contributed by atoms with van der Waals surface area (Å²) in [6, 6.07) is 3.94. The Bertz CT molecular complexity index is 453. The van der Waals surface area contributed by atoms with Crippen LogP contribution in [0.5, 0.6) is 0 Å². The van der Waals surface area contributed by atoms with Crippen molar-refractivity contribution in [2.24, 2.45) is 5.73 Å². The fourth-order valence-corrected chi connectivity index (χ4v) is 2.95. The Morgan fingerprint density at radius 3 is 2.67 bits per heavy atom. The number of carboxylic acids is 1. The van der Waals surface area contributed by atoms with Crippen molar-refractivity contribution in [2.45, 2.75) is 38.1 Å². The minimum atomic E-state index is -0.919. The van der Waals surface area contributed by atoms with E-state index in [1.807, 2.05) is 6.92 Å². The summed E-state index contributed by atoms with van der Waals surface area (Å²) in [5.74, 6) is -1.29. The zero-order valence-electron chi connectivity index (χ0n) is 10.4. The summed E-state index contributed by atoms with van der Waals surface area (Å²) < 4.78 is 13.7. The molecule has 18 heavy (non-hydrogen) atoms. The number of carboxylic acid groups (broad SMARTS) is 1. The van der Waals surface area contributed by atoms with E-state index in [1.165, 1.54) is 12.1 Å². The maximum absolute atomic E-state index is 13.1. The molecule has 0 bridgehead atoms. The largest absolute Gasteiger partial charge is 0.481 e. The maximum atomic E-state index is 13.1. The summed E-state index contributed by atoms with van der Waals surface area (Å²) in [6.07, 6.45) is 0.555. The van der Waals surface area contributed by atoms with Crippen LogP contribution >= 0.6 is 15.9 Å². The molecule has 0 aliphatic rings. The van der Waals surface area contributed by atoms with Crippen LogP contribution < -0.4 is 5.73 Å². The number of halogens is 2. The molecule has 1 aromatic rings. The molecule has 0 aromatic heterocycles. The van der Waals surface area contributed by atoms with Crippen molar-refractivity contribution >= 4 is 21.9 Å². The first-order valence-electron chi connectivity index (χ1n) is 5.74. The molecule has 0 aliphatic heterocycles.